The van der Waals surface area contributed by atoms with Gasteiger partial charge in [-0.3, -0.25) is 9.97 Å². The van der Waals surface area contributed by atoms with Gasteiger partial charge in [0.25, 0.3) is 0 Å². The first-order valence-corrected chi connectivity index (χ1v) is 16.6. The highest BCUT2D eigenvalue weighted by atomic mass is 14.8. The van der Waals surface area contributed by atoms with Crippen LogP contribution in [-0.2, 0) is 5.41 Å². The summed E-state index contributed by atoms with van der Waals surface area (Å²) in [6.45, 7) is 15.9. The maximum absolute atomic E-state index is 5.39. The Hall–Kier alpha value is -4.96. The van der Waals surface area contributed by atoms with Crippen molar-refractivity contribution >= 4 is 27.4 Å². The zero-order chi connectivity index (χ0) is 32.9. The lowest BCUT2D eigenvalue weighted by Gasteiger charge is -2.33. The standard InChI is InChI=1S/C43H42N4/c1-27-34(38-13-9-11-21-45-38)25-33(43(5,6)7)26-35(27)39-19-17-29-15-14-28-16-18-37(46-40(28)41(29)47-39)31-22-30(36-12-8-10-20-44-36)23-32(24-31)42(2,3)4/h8-27,34H,1-7H3. The first-order chi connectivity index (χ1) is 22.5. The lowest BCUT2D eigenvalue weighted by Crippen LogP contribution is -2.20. The van der Waals surface area contributed by atoms with Gasteiger partial charge in [0.2, 0.25) is 0 Å². The monoisotopic (exact) mass is 614 g/mol. The Kier molecular flexibility index (Phi) is 7.63. The molecule has 4 aromatic heterocycles. The Balaban J connectivity index is 1.38. The van der Waals surface area contributed by atoms with Crippen LogP contribution < -0.4 is 0 Å². The van der Waals surface area contributed by atoms with Gasteiger partial charge >= 0.3 is 0 Å². The minimum atomic E-state index is -0.0303. The molecule has 0 saturated heterocycles. The maximum Gasteiger partial charge on any atom is 0.0972 e. The molecule has 2 unspecified atom stereocenters. The second kappa shape index (κ2) is 11.7. The molecular formula is C43H42N4. The van der Waals surface area contributed by atoms with Crippen LogP contribution in [0.5, 0.6) is 0 Å². The van der Waals surface area contributed by atoms with Crippen molar-refractivity contribution < 1.29 is 0 Å². The third-order valence-electron chi connectivity index (χ3n) is 9.47. The van der Waals surface area contributed by atoms with Gasteiger partial charge in [-0.05, 0) is 88.1 Å². The number of aromatic nitrogens is 4. The van der Waals surface area contributed by atoms with E-state index in [4.69, 9.17) is 15.0 Å². The van der Waals surface area contributed by atoms with Gasteiger partial charge in [-0.25, -0.2) is 9.97 Å². The number of allylic oxidation sites excluding steroid dienone is 4. The van der Waals surface area contributed by atoms with E-state index < -0.39 is 0 Å². The second-order valence-corrected chi connectivity index (χ2v) is 14.9. The Labute approximate surface area is 278 Å². The first-order valence-electron chi connectivity index (χ1n) is 16.6. The number of fused-ring (bicyclic) bond motifs is 3. The van der Waals surface area contributed by atoms with Crippen molar-refractivity contribution in [2.24, 2.45) is 11.3 Å². The number of hydrogen-bond donors (Lipinski definition) is 0. The van der Waals surface area contributed by atoms with E-state index in [0.717, 1.165) is 55.7 Å². The van der Waals surface area contributed by atoms with E-state index in [2.05, 4.69) is 138 Å². The van der Waals surface area contributed by atoms with E-state index in [-0.39, 0.29) is 22.7 Å². The predicted molar refractivity (Wildman–Crippen MR) is 196 cm³/mol. The van der Waals surface area contributed by atoms with Gasteiger partial charge in [0.15, 0.2) is 0 Å². The zero-order valence-electron chi connectivity index (χ0n) is 28.4. The van der Waals surface area contributed by atoms with Crippen LogP contribution in [0.4, 0.5) is 0 Å². The summed E-state index contributed by atoms with van der Waals surface area (Å²) < 4.78 is 0. The Morgan fingerprint density at radius 3 is 1.77 bits per heavy atom. The topological polar surface area (TPSA) is 51.6 Å². The molecule has 0 spiro atoms. The van der Waals surface area contributed by atoms with Crippen molar-refractivity contribution in [3.63, 3.8) is 0 Å². The van der Waals surface area contributed by atoms with E-state index in [9.17, 15) is 0 Å². The molecule has 0 fully saturated rings. The Morgan fingerprint density at radius 1 is 0.574 bits per heavy atom. The fourth-order valence-corrected chi connectivity index (χ4v) is 6.55. The van der Waals surface area contributed by atoms with Crippen LogP contribution in [-0.4, -0.2) is 19.9 Å². The number of hydrogen-bond acceptors (Lipinski definition) is 4. The molecule has 0 amide bonds. The minimum Gasteiger partial charge on any atom is -0.261 e. The molecule has 47 heavy (non-hydrogen) atoms. The Morgan fingerprint density at radius 2 is 1.17 bits per heavy atom. The molecule has 0 aliphatic heterocycles. The van der Waals surface area contributed by atoms with Crippen LogP contribution in [0.15, 0.2) is 121 Å². The summed E-state index contributed by atoms with van der Waals surface area (Å²) in [5, 5.41) is 2.16. The van der Waals surface area contributed by atoms with Gasteiger partial charge in [-0.1, -0.05) is 97.0 Å². The van der Waals surface area contributed by atoms with Crippen LogP contribution in [0.3, 0.4) is 0 Å². The third kappa shape index (κ3) is 6.01. The summed E-state index contributed by atoms with van der Waals surface area (Å²) in [4.78, 5) is 20.1. The fraction of sp³-hybridized carbons (Fsp3) is 0.256. The van der Waals surface area contributed by atoms with Gasteiger partial charge in [0, 0.05) is 45.9 Å². The van der Waals surface area contributed by atoms with Gasteiger partial charge in [-0.15, -0.1) is 0 Å². The van der Waals surface area contributed by atoms with Crippen LogP contribution in [0.1, 0.15) is 71.3 Å². The number of nitrogens with zero attached hydrogens (tertiary/aromatic N) is 4. The van der Waals surface area contributed by atoms with Gasteiger partial charge in [-0.2, -0.15) is 0 Å². The average molecular weight is 615 g/mol. The van der Waals surface area contributed by atoms with Crippen molar-refractivity contribution in [3.05, 3.63) is 138 Å². The van der Waals surface area contributed by atoms with Crippen molar-refractivity contribution in [1.82, 2.24) is 19.9 Å². The normalized spacial score (nSPS) is 17.1. The van der Waals surface area contributed by atoms with Crippen molar-refractivity contribution in [2.45, 2.75) is 59.8 Å². The zero-order valence-corrected chi connectivity index (χ0v) is 28.4. The highest BCUT2D eigenvalue weighted by molar-refractivity contribution is 6.04. The van der Waals surface area contributed by atoms with Crippen LogP contribution in [0.25, 0.3) is 49.9 Å². The molecule has 4 nitrogen and oxygen atoms in total. The van der Waals surface area contributed by atoms with Crippen LogP contribution in [0.2, 0.25) is 0 Å². The molecule has 2 aromatic carbocycles. The SMILES string of the molecule is CC1C(c2ccc3ccc4ccc(-c5cc(-c6ccccn6)cc(C(C)(C)C)c5)nc4c3n2)=CC(C(C)(C)C)=CC1c1ccccn1. The van der Waals surface area contributed by atoms with E-state index in [1.165, 1.54) is 16.7 Å². The average Bonchev–Trinajstić information content (AvgIpc) is 3.07. The first kappa shape index (κ1) is 30.7. The summed E-state index contributed by atoms with van der Waals surface area (Å²) >= 11 is 0. The Bertz CT molecular complexity index is 2160. The van der Waals surface area contributed by atoms with Gasteiger partial charge in [0.05, 0.1) is 28.1 Å². The fourth-order valence-electron chi connectivity index (χ4n) is 6.55. The molecule has 4 heteroatoms. The van der Waals surface area contributed by atoms with Gasteiger partial charge < -0.3 is 0 Å². The van der Waals surface area contributed by atoms with E-state index >= 15 is 0 Å². The minimum absolute atomic E-state index is 0.00582. The number of pyridine rings is 4. The molecule has 2 atom stereocenters. The summed E-state index contributed by atoms with van der Waals surface area (Å²) in [6.07, 6.45) is 8.51. The second-order valence-electron chi connectivity index (χ2n) is 14.9. The third-order valence-corrected chi connectivity index (χ3v) is 9.47. The summed E-state index contributed by atoms with van der Waals surface area (Å²) in [5.41, 5.74) is 11.7. The molecule has 0 saturated carbocycles. The van der Waals surface area contributed by atoms with E-state index in [1.54, 1.807) is 0 Å². The maximum atomic E-state index is 5.39. The highest BCUT2D eigenvalue weighted by Gasteiger charge is 2.31. The quantitative estimate of drug-likeness (QED) is 0.185. The molecule has 6 aromatic rings. The summed E-state index contributed by atoms with van der Waals surface area (Å²) in [5.74, 6) is 0.383. The van der Waals surface area contributed by atoms with Crippen LogP contribution in [0, 0.1) is 11.3 Å². The molecule has 1 aliphatic carbocycles. The highest BCUT2D eigenvalue weighted by Crippen LogP contribution is 2.44. The number of benzene rings is 2. The van der Waals surface area contributed by atoms with E-state index in [0.29, 0.717) is 0 Å². The molecule has 0 N–H and O–H groups in total. The van der Waals surface area contributed by atoms with Gasteiger partial charge in [0.1, 0.15) is 0 Å². The lowest BCUT2D eigenvalue weighted by atomic mass is 9.72. The molecule has 1 aliphatic rings. The summed E-state index contributed by atoms with van der Waals surface area (Å²) in [6, 6.07) is 32.0. The van der Waals surface area contributed by atoms with Crippen molar-refractivity contribution in [2.75, 3.05) is 0 Å². The molecule has 0 bridgehead atoms. The van der Waals surface area contributed by atoms with Crippen molar-refractivity contribution in [3.8, 4) is 22.5 Å². The molecule has 7 rings (SSSR count). The lowest BCUT2D eigenvalue weighted by molar-refractivity contribution is 0.500. The molecule has 0 radical (unpaired) electrons. The number of rotatable bonds is 4. The predicted octanol–water partition coefficient (Wildman–Crippen LogP) is 11.0. The van der Waals surface area contributed by atoms with Crippen LogP contribution >= 0.6 is 0 Å². The molecule has 234 valence electrons. The molecular weight excluding hydrogens is 573 g/mol. The van der Waals surface area contributed by atoms with E-state index in [1.807, 2.05) is 30.6 Å². The summed E-state index contributed by atoms with van der Waals surface area (Å²) in [7, 11) is 0. The largest absolute Gasteiger partial charge is 0.261 e. The smallest absolute Gasteiger partial charge is 0.0972 e. The molecule has 4 heterocycles. The van der Waals surface area contributed by atoms with Crippen molar-refractivity contribution in [1.29, 1.82) is 0 Å².